The molecule has 8 heteroatoms. The summed E-state index contributed by atoms with van der Waals surface area (Å²) in [6.07, 6.45) is 0. The van der Waals surface area contributed by atoms with Gasteiger partial charge in [-0.25, -0.2) is 14.6 Å². The summed E-state index contributed by atoms with van der Waals surface area (Å²) < 4.78 is 5.44. The maximum absolute atomic E-state index is 12.1. The Kier molecular flexibility index (Phi) is 4.59. The molecular weight excluding hydrogens is 340 g/mol. The lowest BCUT2D eigenvalue weighted by Gasteiger charge is -2.05. The Morgan fingerprint density at radius 1 is 1.20 bits per heavy atom. The number of benzene rings is 2. The van der Waals surface area contributed by atoms with Gasteiger partial charge in [0, 0.05) is 5.69 Å². The number of rotatable bonds is 3. The largest absolute Gasteiger partial charge is 0.465 e. The summed E-state index contributed by atoms with van der Waals surface area (Å²) in [5.41, 5.74) is 2.04. The minimum absolute atomic E-state index is 0.394. The predicted octanol–water partition coefficient (Wildman–Crippen LogP) is 3.60. The zero-order valence-electron chi connectivity index (χ0n) is 13.1. The number of hydrogen-bond donors (Lipinski definition) is 2. The Balaban J connectivity index is 1.74. The molecule has 0 saturated carbocycles. The van der Waals surface area contributed by atoms with E-state index < -0.39 is 12.0 Å². The fraction of sp³-hybridized carbons (Fsp3) is 0.0588. The van der Waals surface area contributed by atoms with Gasteiger partial charge in [-0.3, -0.25) is 5.32 Å². The minimum atomic E-state index is -0.470. The van der Waals surface area contributed by atoms with Crippen LogP contribution in [-0.2, 0) is 4.74 Å². The number of nitrogens with zero attached hydrogens (tertiary/aromatic N) is 2. The topological polar surface area (TPSA) is 104 Å². The van der Waals surface area contributed by atoms with E-state index >= 15 is 0 Å². The van der Waals surface area contributed by atoms with Crippen LogP contribution in [0.2, 0.25) is 0 Å². The second-order valence-corrected chi connectivity index (χ2v) is 6.00. The van der Waals surface area contributed by atoms with Crippen LogP contribution in [0.4, 0.5) is 15.6 Å². The molecule has 0 aliphatic rings. The Morgan fingerprint density at radius 2 is 2.04 bits per heavy atom. The molecule has 7 nitrogen and oxygen atoms in total. The Bertz CT molecular complexity index is 1010. The number of fused-ring (bicyclic) bond motifs is 1. The highest BCUT2D eigenvalue weighted by Gasteiger charge is 2.11. The van der Waals surface area contributed by atoms with E-state index in [1.807, 2.05) is 6.07 Å². The van der Waals surface area contributed by atoms with E-state index in [0.29, 0.717) is 27.5 Å². The lowest BCUT2D eigenvalue weighted by atomic mass is 10.2. The minimum Gasteiger partial charge on any atom is -0.465 e. The third-order valence-corrected chi connectivity index (χ3v) is 4.21. The van der Waals surface area contributed by atoms with Crippen molar-refractivity contribution in [1.29, 1.82) is 5.26 Å². The first-order chi connectivity index (χ1) is 12.1. The molecule has 0 aliphatic carbocycles. The van der Waals surface area contributed by atoms with Crippen LogP contribution in [0.25, 0.3) is 10.2 Å². The molecule has 124 valence electrons. The second kappa shape index (κ2) is 6.98. The van der Waals surface area contributed by atoms with Gasteiger partial charge in [-0.1, -0.05) is 17.4 Å². The number of esters is 1. The van der Waals surface area contributed by atoms with Crippen molar-refractivity contribution in [3.8, 4) is 6.07 Å². The zero-order valence-corrected chi connectivity index (χ0v) is 13.9. The highest BCUT2D eigenvalue weighted by Crippen LogP contribution is 2.27. The molecule has 2 amide bonds. The van der Waals surface area contributed by atoms with Gasteiger partial charge in [0.1, 0.15) is 0 Å². The average Bonchev–Trinajstić information content (AvgIpc) is 3.02. The van der Waals surface area contributed by atoms with Crippen LogP contribution in [0, 0.1) is 11.3 Å². The van der Waals surface area contributed by atoms with E-state index in [2.05, 4.69) is 20.4 Å². The molecular formula is C17H12N4O3S. The lowest BCUT2D eigenvalue weighted by molar-refractivity contribution is 0.0601. The molecule has 0 radical (unpaired) electrons. The maximum atomic E-state index is 12.1. The van der Waals surface area contributed by atoms with Crippen molar-refractivity contribution < 1.29 is 14.3 Å². The second-order valence-electron chi connectivity index (χ2n) is 4.96. The van der Waals surface area contributed by atoms with E-state index in [1.165, 1.54) is 18.4 Å². The van der Waals surface area contributed by atoms with Crippen molar-refractivity contribution in [2.24, 2.45) is 0 Å². The van der Waals surface area contributed by atoms with E-state index in [0.717, 1.165) is 4.70 Å². The van der Waals surface area contributed by atoms with E-state index in [9.17, 15) is 9.59 Å². The summed E-state index contributed by atoms with van der Waals surface area (Å²) >= 11 is 1.24. The number of ether oxygens (including phenoxy) is 1. The molecule has 0 aliphatic heterocycles. The van der Waals surface area contributed by atoms with Gasteiger partial charge in [0.2, 0.25) is 0 Å². The van der Waals surface area contributed by atoms with E-state index in [4.69, 9.17) is 5.26 Å². The number of methoxy groups -OCH3 is 1. The van der Waals surface area contributed by atoms with Crippen molar-refractivity contribution in [2.75, 3.05) is 17.7 Å². The number of thiazole rings is 1. The summed E-state index contributed by atoms with van der Waals surface area (Å²) in [5, 5.41) is 14.5. The average molecular weight is 352 g/mol. The standard InChI is InChI=1S/C17H12N4O3S/c1-24-15(22)11-5-6-13-14(8-11)25-17(20-13)21-16(23)19-12-4-2-3-10(7-12)9-18/h2-8H,1H3,(H2,19,20,21,23). The number of carbonyl (C=O) groups is 2. The number of hydrogen-bond acceptors (Lipinski definition) is 6. The maximum Gasteiger partial charge on any atom is 0.337 e. The van der Waals surface area contributed by atoms with Gasteiger partial charge in [0.15, 0.2) is 5.13 Å². The summed E-state index contributed by atoms with van der Waals surface area (Å²) in [4.78, 5) is 27.9. The summed E-state index contributed by atoms with van der Waals surface area (Å²) in [7, 11) is 1.32. The number of nitriles is 1. The van der Waals surface area contributed by atoms with E-state index in [-0.39, 0.29) is 0 Å². The fourth-order valence-electron chi connectivity index (χ4n) is 2.15. The van der Waals surface area contributed by atoms with Gasteiger partial charge >= 0.3 is 12.0 Å². The first-order valence-corrected chi connectivity index (χ1v) is 7.98. The van der Waals surface area contributed by atoms with Crippen LogP contribution in [0.15, 0.2) is 42.5 Å². The van der Waals surface area contributed by atoms with Gasteiger partial charge in [0.05, 0.1) is 34.5 Å². The first-order valence-electron chi connectivity index (χ1n) is 7.16. The van der Waals surface area contributed by atoms with Crippen LogP contribution < -0.4 is 10.6 Å². The van der Waals surface area contributed by atoms with Crippen molar-refractivity contribution in [3.63, 3.8) is 0 Å². The monoisotopic (exact) mass is 352 g/mol. The Morgan fingerprint density at radius 3 is 2.80 bits per heavy atom. The fourth-order valence-corrected chi connectivity index (χ4v) is 3.05. The number of amides is 2. The number of carbonyl (C=O) groups excluding carboxylic acids is 2. The van der Waals surface area contributed by atoms with Gasteiger partial charge in [0.25, 0.3) is 0 Å². The smallest absolute Gasteiger partial charge is 0.337 e. The molecule has 0 bridgehead atoms. The molecule has 0 atom stereocenters. The van der Waals surface area contributed by atoms with Crippen molar-refractivity contribution in [3.05, 3.63) is 53.6 Å². The molecule has 0 spiro atoms. The van der Waals surface area contributed by atoms with Gasteiger partial charge in [-0.2, -0.15) is 5.26 Å². The number of aromatic nitrogens is 1. The quantitative estimate of drug-likeness (QED) is 0.701. The SMILES string of the molecule is COC(=O)c1ccc2nc(NC(=O)Nc3cccc(C#N)c3)sc2c1. The van der Waals surface area contributed by atoms with Crippen LogP contribution in [0.1, 0.15) is 15.9 Å². The van der Waals surface area contributed by atoms with Gasteiger partial charge in [-0.05, 0) is 36.4 Å². The van der Waals surface area contributed by atoms with Crippen molar-refractivity contribution in [1.82, 2.24) is 4.98 Å². The van der Waals surface area contributed by atoms with Crippen LogP contribution in [0.5, 0.6) is 0 Å². The highest BCUT2D eigenvalue weighted by molar-refractivity contribution is 7.22. The Hall–Kier alpha value is -3.44. The molecule has 2 aromatic carbocycles. The molecule has 0 saturated heterocycles. The molecule has 25 heavy (non-hydrogen) atoms. The normalized spacial score (nSPS) is 10.1. The van der Waals surface area contributed by atoms with Gasteiger partial charge in [-0.15, -0.1) is 0 Å². The molecule has 1 heterocycles. The Labute approximate surface area is 146 Å². The molecule has 3 rings (SSSR count). The third kappa shape index (κ3) is 3.73. The van der Waals surface area contributed by atoms with Crippen LogP contribution in [0.3, 0.4) is 0 Å². The number of anilines is 2. The van der Waals surface area contributed by atoms with Crippen molar-refractivity contribution >= 4 is 44.4 Å². The third-order valence-electron chi connectivity index (χ3n) is 3.28. The van der Waals surface area contributed by atoms with Crippen LogP contribution in [-0.4, -0.2) is 24.1 Å². The highest BCUT2D eigenvalue weighted by atomic mass is 32.1. The summed E-state index contributed by atoms with van der Waals surface area (Å²) in [6.45, 7) is 0. The summed E-state index contributed by atoms with van der Waals surface area (Å²) in [6, 6.07) is 13.1. The first kappa shape index (κ1) is 16.4. The molecule has 1 aromatic heterocycles. The van der Waals surface area contributed by atoms with E-state index in [1.54, 1.807) is 42.5 Å². The lowest BCUT2D eigenvalue weighted by Crippen LogP contribution is -2.19. The number of nitrogens with one attached hydrogen (secondary N) is 2. The van der Waals surface area contributed by atoms with Crippen molar-refractivity contribution in [2.45, 2.75) is 0 Å². The molecule has 0 fully saturated rings. The molecule has 2 N–H and O–H groups in total. The van der Waals surface area contributed by atoms with Crippen LogP contribution >= 0.6 is 11.3 Å². The molecule has 3 aromatic rings. The summed E-state index contributed by atoms with van der Waals surface area (Å²) in [5.74, 6) is -0.431. The molecule has 0 unspecified atom stereocenters. The number of urea groups is 1. The zero-order chi connectivity index (χ0) is 17.8. The van der Waals surface area contributed by atoms with Gasteiger partial charge < -0.3 is 10.1 Å². The predicted molar refractivity (Wildman–Crippen MR) is 94.8 cm³/mol.